The quantitative estimate of drug-likeness (QED) is 0.344. The van der Waals surface area contributed by atoms with E-state index in [0.717, 1.165) is 45.0 Å². The van der Waals surface area contributed by atoms with E-state index in [0.29, 0.717) is 35.0 Å². The number of ether oxygens (including phenoxy) is 1. The van der Waals surface area contributed by atoms with E-state index in [1.807, 2.05) is 7.05 Å². The number of fused-ring (bicyclic) bond motifs is 3. The number of rotatable bonds is 5. The molecular weight excluding hydrogens is 544 g/mol. The SMILES string of the molecule is CN1CCC[C@H](Nc2ncc(C(F)(F)F)c(-c3nn(C4CCCCO4)c4nn5c(P(C)(C)=O)cccc5c34)n2)C1. The van der Waals surface area contributed by atoms with E-state index >= 15 is 0 Å². The molecule has 4 aromatic heterocycles. The van der Waals surface area contributed by atoms with Crippen LogP contribution in [0.15, 0.2) is 24.4 Å². The lowest BCUT2D eigenvalue weighted by Crippen LogP contribution is -2.40. The molecule has 0 aliphatic carbocycles. The maximum atomic E-state index is 14.4. The number of anilines is 1. The number of likely N-dealkylation sites (N-methyl/N-ethyl adjacent to an activating group) is 1. The molecule has 2 aliphatic heterocycles. The smallest absolute Gasteiger partial charge is 0.356 e. The van der Waals surface area contributed by atoms with Crippen molar-refractivity contribution in [2.24, 2.45) is 0 Å². The molecule has 2 fully saturated rings. The largest absolute Gasteiger partial charge is 0.420 e. The maximum Gasteiger partial charge on any atom is 0.420 e. The molecule has 2 saturated heterocycles. The summed E-state index contributed by atoms with van der Waals surface area (Å²) < 4.78 is 65.3. The van der Waals surface area contributed by atoms with Crippen molar-refractivity contribution in [1.82, 2.24) is 34.3 Å². The summed E-state index contributed by atoms with van der Waals surface area (Å²) in [6, 6.07) is 5.22. The summed E-state index contributed by atoms with van der Waals surface area (Å²) in [6.45, 7) is 5.50. The van der Waals surface area contributed by atoms with Crippen molar-refractivity contribution >= 4 is 35.1 Å². The summed E-state index contributed by atoms with van der Waals surface area (Å²) >= 11 is 0. The van der Waals surface area contributed by atoms with Crippen LogP contribution in [0.3, 0.4) is 0 Å². The van der Waals surface area contributed by atoms with E-state index in [9.17, 15) is 17.7 Å². The van der Waals surface area contributed by atoms with Gasteiger partial charge in [-0.25, -0.2) is 19.2 Å². The van der Waals surface area contributed by atoms with Gasteiger partial charge in [0.25, 0.3) is 0 Å². The highest BCUT2D eigenvalue weighted by Gasteiger charge is 2.38. The molecule has 2 aliphatic rings. The van der Waals surface area contributed by atoms with Crippen LogP contribution in [0.4, 0.5) is 19.1 Å². The lowest BCUT2D eigenvalue weighted by molar-refractivity contribution is -0.137. The number of halogens is 3. The molecule has 0 spiro atoms. The zero-order valence-corrected chi connectivity index (χ0v) is 23.5. The van der Waals surface area contributed by atoms with Crippen LogP contribution in [0.5, 0.6) is 0 Å². The van der Waals surface area contributed by atoms with Crippen molar-refractivity contribution in [3.05, 3.63) is 30.0 Å². The molecule has 10 nitrogen and oxygen atoms in total. The Hall–Kier alpha value is -3.02. The average molecular weight is 577 g/mol. The first-order chi connectivity index (χ1) is 19.0. The van der Waals surface area contributed by atoms with Gasteiger partial charge in [0.05, 0.1) is 10.9 Å². The molecule has 0 bridgehead atoms. The van der Waals surface area contributed by atoms with Gasteiger partial charge in [0, 0.05) is 25.4 Å². The first-order valence-corrected chi connectivity index (χ1v) is 16.1. The lowest BCUT2D eigenvalue weighted by atomic mass is 10.1. The summed E-state index contributed by atoms with van der Waals surface area (Å²) in [6.07, 6.45) is -0.105. The molecule has 6 rings (SSSR count). The van der Waals surface area contributed by atoms with E-state index < -0.39 is 25.1 Å². The molecular formula is C26H32F3N8O2P. The second kappa shape index (κ2) is 10.1. The zero-order valence-electron chi connectivity index (χ0n) is 22.6. The summed E-state index contributed by atoms with van der Waals surface area (Å²) in [5.41, 5.74) is 0.0801. The first-order valence-electron chi connectivity index (χ1n) is 13.5. The number of nitrogens with zero attached hydrogens (tertiary/aromatic N) is 7. The van der Waals surface area contributed by atoms with E-state index in [-0.39, 0.29) is 23.4 Å². The summed E-state index contributed by atoms with van der Waals surface area (Å²) in [7, 11) is -0.770. The topological polar surface area (TPSA) is 102 Å². The monoisotopic (exact) mass is 576 g/mol. The number of nitrogens with one attached hydrogen (secondary N) is 1. The van der Waals surface area contributed by atoms with E-state index in [1.54, 1.807) is 40.7 Å². The van der Waals surface area contributed by atoms with Gasteiger partial charge in [-0.3, -0.25) is 0 Å². The molecule has 6 heterocycles. The third kappa shape index (κ3) is 4.99. The molecule has 14 heteroatoms. The first kappa shape index (κ1) is 27.2. The second-order valence-corrected chi connectivity index (χ2v) is 14.2. The maximum absolute atomic E-state index is 14.4. The number of likely N-dealkylation sites (tertiary alicyclic amines) is 1. The van der Waals surface area contributed by atoms with Gasteiger partial charge in [0.2, 0.25) is 5.95 Å². The predicted molar refractivity (Wildman–Crippen MR) is 147 cm³/mol. The zero-order chi connectivity index (χ0) is 28.2. The minimum Gasteiger partial charge on any atom is -0.356 e. The summed E-state index contributed by atoms with van der Waals surface area (Å²) in [4.78, 5) is 10.6. The Morgan fingerprint density at radius 1 is 1.10 bits per heavy atom. The van der Waals surface area contributed by atoms with Crippen LogP contribution < -0.4 is 10.8 Å². The molecule has 0 amide bonds. The van der Waals surface area contributed by atoms with Gasteiger partial charge in [-0.1, -0.05) is 6.07 Å². The fourth-order valence-electron chi connectivity index (χ4n) is 5.63. The number of hydrogen-bond donors (Lipinski definition) is 1. The van der Waals surface area contributed by atoms with Crippen LogP contribution in [0.1, 0.15) is 43.9 Å². The van der Waals surface area contributed by atoms with Gasteiger partial charge in [0.15, 0.2) is 11.9 Å². The fourth-order valence-corrected chi connectivity index (χ4v) is 6.69. The highest BCUT2D eigenvalue weighted by atomic mass is 31.2. The molecule has 1 N–H and O–H groups in total. The van der Waals surface area contributed by atoms with E-state index in [2.05, 4.69) is 25.3 Å². The van der Waals surface area contributed by atoms with Crippen LogP contribution in [-0.2, 0) is 15.5 Å². The highest BCUT2D eigenvalue weighted by molar-refractivity contribution is 7.69. The van der Waals surface area contributed by atoms with Crippen molar-refractivity contribution in [1.29, 1.82) is 0 Å². The highest BCUT2D eigenvalue weighted by Crippen LogP contribution is 2.42. The molecule has 4 aromatic rings. The van der Waals surface area contributed by atoms with Gasteiger partial charge in [-0.2, -0.15) is 18.3 Å². The van der Waals surface area contributed by atoms with Gasteiger partial charge >= 0.3 is 6.18 Å². The van der Waals surface area contributed by atoms with Gasteiger partial charge in [-0.15, -0.1) is 5.10 Å². The van der Waals surface area contributed by atoms with Crippen molar-refractivity contribution in [2.45, 2.75) is 50.6 Å². The van der Waals surface area contributed by atoms with Crippen LogP contribution in [0, 0.1) is 0 Å². The minimum atomic E-state index is -4.72. The third-order valence-corrected chi connectivity index (χ3v) is 8.98. The lowest BCUT2D eigenvalue weighted by Gasteiger charge is -2.30. The Morgan fingerprint density at radius 3 is 2.62 bits per heavy atom. The Morgan fingerprint density at radius 2 is 1.93 bits per heavy atom. The number of piperidine rings is 1. The van der Waals surface area contributed by atoms with Crippen LogP contribution in [0.2, 0.25) is 0 Å². The number of aromatic nitrogens is 6. The third-order valence-electron chi connectivity index (χ3n) is 7.54. The normalized spacial score (nSPS) is 21.4. The van der Waals surface area contributed by atoms with E-state index in [1.165, 1.54) is 0 Å². The van der Waals surface area contributed by atoms with Crippen LogP contribution in [0.25, 0.3) is 27.9 Å². The molecule has 1 unspecified atom stereocenters. The summed E-state index contributed by atoms with van der Waals surface area (Å²) in [5.74, 6) is 0.115. The molecule has 214 valence electrons. The molecule has 0 aromatic carbocycles. The predicted octanol–water partition coefficient (Wildman–Crippen LogP) is 4.61. The Labute approximate surface area is 229 Å². The Bertz CT molecular complexity index is 1610. The Balaban J connectivity index is 1.58. The molecule has 2 atom stereocenters. The molecule has 0 radical (unpaired) electrons. The average Bonchev–Trinajstić information content (AvgIpc) is 3.45. The second-order valence-electron chi connectivity index (χ2n) is 11.0. The van der Waals surface area contributed by atoms with Gasteiger partial charge < -0.3 is 19.5 Å². The van der Waals surface area contributed by atoms with Crippen LogP contribution >= 0.6 is 7.14 Å². The number of hydrogen-bond acceptors (Lipinski definition) is 8. The van der Waals surface area contributed by atoms with Gasteiger partial charge in [0.1, 0.15) is 29.5 Å². The van der Waals surface area contributed by atoms with Crippen molar-refractivity contribution < 1.29 is 22.5 Å². The van der Waals surface area contributed by atoms with Crippen LogP contribution in [-0.4, -0.2) is 80.4 Å². The molecule has 40 heavy (non-hydrogen) atoms. The van der Waals surface area contributed by atoms with Crippen molar-refractivity contribution in [2.75, 3.05) is 45.4 Å². The minimum absolute atomic E-state index is 0.0133. The number of pyridine rings is 1. The Kier molecular flexibility index (Phi) is 6.87. The van der Waals surface area contributed by atoms with E-state index in [4.69, 9.17) is 9.84 Å². The van der Waals surface area contributed by atoms with Crippen molar-refractivity contribution in [3.8, 4) is 11.4 Å². The summed E-state index contributed by atoms with van der Waals surface area (Å²) in [5, 5.41) is 13.0. The standard InChI is InChI=1S/C26H32F3N8O2P/c1-35-12-7-8-16(15-35)31-25-30-14-17(26(27,28)29)22(32-25)23-21-18-9-6-11-20(40(2,3)38)36(18)34-24(21)37(33-23)19-10-4-5-13-39-19/h6,9,11,14,16,19H,4-5,7-8,10,12-13,15H2,1-3H3,(H,30,31,32)/t16-,19?/m0/s1. The number of alkyl halides is 3. The van der Waals surface area contributed by atoms with Gasteiger partial charge in [-0.05, 0) is 71.2 Å². The fraction of sp³-hybridized carbons (Fsp3) is 0.538. The molecule has 0 saturated carbocycles. The van der Waals surface area contributed by atoms with Crippen molar-refractivity contribution in [3.63, 3.8) is 0 Å².